The maximum absolute atomic E-state index is 12.8. The monoisotopic (exact) mass is 336 g/mol. The molecule has 2 aromatic carbocycles. The van der Waals surface area contributed by atoms with Crippen molar-refractivity contribution in [2.45, 2.75) is 9.79 Å². The first-order chi connectivity index (χ1) is 10.8. The highest BCUT2D eigenvalue weighted by Crippen LogP contribution is 2.29. The van der Waals surface area contributed by atoms with E-state index in [4.69, 9.17) is 9.84 Å². The van der Waals surface area contributed by atoms with E-state index in [1.54, 1.807) is 0 Å². The van der Waals surface area contributed by atoms with E-state index in [9.17, 15) is 23.1 Å². The first-order valence-corrected chi connectivity index (χ1v) is 7.76. The number of hydrogen-bond donors (Lipinski definition) is 2. The van der Waals surface area contributed by atoms with E-state index in [0.29, 0.717) is 0 Å². The standard InChI is InChI=1S/C15H12O7S/c1-22-9-6-7-11(15(18)19)13(8-9)23(20,21)12-5-3-2-4-10(12)14(16)17/h2-8H,1H3,(H,16,17)(H,18,19). The number of aromatic carboxylic acids is 2. The molecule has 2 N–H and O–H groups in total. The van der Waals surface area contributed by atoms with E-state index in [1.807, 2.05) is 0 Å². The van der Waals surface area contributed by atoms with Crippen LogP contribution in [0.3, 0.4) is 0 Å². The molecule has 0 bridgehead atoms. The van der Waals surface area contributed by atoms with Gasteiger partial charge in [-0.1, -0.05) is 12.1 Å². The number of carbonyl (C=O) groups is 2. The molecule has 2 aromatic rings. The molecule has 0 aliphatic carbocycles. The number of benzene rings is 2. The summed E-state index contributed by atoms with van der Waals surface area (Å²) in [6.45, 7) is 0. The van der Waals surface area contributed by atoms with Crippen LogP contribution < -0.4 is 4.74 Å². The first-order valence-electron chi connectivity index (χ1n) is 6.27. The maximum Gasteiger partial charge on any atom is 0.337 e. The van der Waals surface area contributed by atoms with Gasteiger partial charge in [-0.3, -0.25) is 0 Å². The highest BCUT2D eigenvalue weighted by molar-refractivity contribution is 7.91. The summed E-state index contributed by atoms with van der Waals surface area (Å²) in [6, 6.07) is 8.45. The molecule has 0 amide bonds. The summed E-state index contributed by atoms with van der Waals surface area (Å²) in [4.78, 5) is 21.5. The zero-order chi connectivity index (χ0) is 17.2. The topological polar surface area (TPSA) is 118 Å². The Morgan fingerprint density at radius 2 is 1.48 bits per heavy atom. The van der Waals surface area contributed by atoms with E-state index >= 15 is 0 Å². The highest BCUT2D eigenvalue weighted by Gasteiger charge is 2.29. The lowest BCUT2D eigenvalue weighted by molar-refractivity contribution is 0.0683. The SMILES string of the molecule is COc1ccc(C(=O)O)c(S(=O)(=O)c2ccccc2C(=O)O)c1. The lowest BCUT2D eigenvalue weighted by Gasteiger charge is -2.11. The number of hydrogen-bond acceptors (Lipinski definition) is 5. The fraction of sp³-hybridized carbons (Fsp3) is 0.0667. The third-order valence-corrected chi connectivity index (χ3v) is 4.97. The molecule has 0 spiro atoms. The van der Waals surface area contributed by atoms with E-state index in [2.05, 4.69) is 0 Å². The molecular weight excluding hydrogens is 324 g/mol. The van der Waals surface area contributed by atoms with Crippen molar-refractivity contribution < 1.29 is 33.0 Å². The first kappa shape index (κ1) is 16.5. The Balaban J connectivity index is 2.79. The van der Waals surface area contributed by atoms with E-state index < -0.39 is 42.7 Å². The van der Waals surface area contributed by atoms with Crippen molar-refractivity contribution in [1.82, 2.24) is 0 Å². The third-order valence-electron chi connectivity index (χ3n) is 3.12. The number of sulfone groups is 1. The van der Waals surface area contributed by atoms with E-state index in [0.717, 1.165) is 24.3 Å². The van der Waals surface area contributed by atoms with Gasteiger partial charge >= 0.3 is 11.9 Å². The largest absolute Gasteiger partial charge is 0.497 e. The molecule has 0 unspecified atom stereocenters. The predicted molar refractivity (Wildman–Crippen MR) is 78.8 cm³/mol. The molecule has 8 heteroatoms. The molecule has 120 valence electrons. The minimum Gasteiger partial charge on any atom is -0.497 e. The second-order valence-corrected chi connectivity index (χ2v) is 6.36. The number of ether oxygens (including phenoxy) is 1. The fourth-order valence-corrected chi connectivity index (χ4v) is 3.68. The van der Waals surface area contributed by atoms with Gasteiger partial charge in [-0.15, -0.1) is 0 Å². The van der Waals surface area contributed by atoms with Crippen LogP contribution in [0, 0.1) is 0 Å². The minimum atomic E-state index is -4.36. The molecule has 7 nitrogen and oxygen atoms in total. The normalized spacial score (nSPS) is 11.0. The van der Waals surface area contributed by atoms with Crippen molar-refractivity contribution in [2.24, 2.45) is 0 Å². The van der Waals surface area contributed by atoms with Crippen molar-refractivity contribution in [2.75, 3.05) is 7.11 Å². The molecular formula is C15H12O7S. The summed E-state index contributed by atoms with van der Waals surface area (Å²) in [5, 5.41) is 18.3. The summed E-state index contributed by atoms with van der Waals surface area (Å²) < 4.78 is 30.5. The van der Waals surface area contributed by atoms with Crippen molar-refractivity contribution in [3.63, 3.8) is 0 Å². The Bertz CT molecular complexity index is 884. The van der Waals surface area contributed by atoms with Gasteiger partial charge in [0.1, 0.15) is 5.75 Å². The Hall–Kier alpha value is -2.87. The molecule has 0 radical (unpaired) electrons. The van der Waals surface area contributed by atoms with Crippen LogP contribution >= 0.6 is 0 Å². The van der Waals surface area contributed by atoms with Crippen molar-refractivity contribution in [3.8, 4) is 5.75 Å². The second-order valence-electron chi connectivity index (χ2n) is 4.47. The van der Waals surface area contributed by atoms with E-state index in [1.165, 1.54) is 25.3 Å². The lowest BCUT2D eigenvalue weighted by atomic mass is 10.2. The fourth-order valence-electron chi connectivity index (χ4n) is 2.02. The number of rotatable bonds is 5. The van der Waals surface area contributed by atoms with Crippen LogP contribution in [0.25, 0.3) is 0 Å². The summed E-state index contributed by atoms with van der Waals surface area (Å²) in [7, 11) is -3.06. The van der Waals surface area contributed by atoms with Crippen LogP contribution in [0.4, 0.5) is 0 Å². The quantitative estimate of drug-likeness (QED) is 0.856. The molecule has 0 atom stereocenters. The van der Waals surface area contributed by atoms with Gasteiger partial charge in [0.2, 0.25) is 9.84 Å². The van der Waals surface area contributed by atoms with Gasteiger partial charge in [-0.2, -0.15) is 0 Å². The zero-order valence-electron chi connectivity index (χ0n) is 11.9. The van der Waals surface area contributed by atoms with Crippen LogP contribution in [-0.4, -0.2) is 37.7 Å². The summed E-state index contributed by atoms with van der Waals surface area (Å²) in [6.07, 6.45) is 0. The van der Waals surface area contributed by atoms with E-state index in [-0.39, 0.29) is 5.75 Å². The molecule has 0 aromatic heterocycles. The van der Waals surface area contributed by atoms with Crippen molar-refractivity contribution in [1.29, 1.82) is 0 Å². The molecule has 0 aliphatic rings. The second kappa shape index (κ2) is 6.09. The maximum atomic E-state index is 12.8. The van der Waals surface area contributed by atoms with Gasteiger partial charge in [0, 0.05) is 0 Å². The average Bonchev–Trinajstić information content (AvgIpc) is 2.54. The Kier molecular flexibility index (Phi) is 4.37. The lowest BCUT2D eigenvalue weighted by Crippen LogP contribution is -2.13. The highest BCUT2D eigenvalue weighted by atomic mass is 32.2. The van der Waals surface area contributed by atoms with Gasteiger partial charge < -0.3 is 14.9 Å². The minimum absolute atomic E-state index is 0.140. The number of methoxy groups -OCH3 is 1. The van der Waals surface area contributed by atoms with Crippen LogP contribution in [0.1, 0.15) is 20.7 Å². The molecule has 2 rings (SSSR count). The molecule has 23 heavy (non-hydrogen) atoms. The molecule has 0 saturated carbocycles. The molecule has 0 aliphatic heterocycles. The van der Waals surface area contributed by atoms with Gasteiger partial charge in [-0.05, 0) is 30.3 Å². The zero-order valence-corrected chi connectivity index (χ0v) is 12.7. The predicted octanol–water partition coefficient (Wildman–Crippen LogP) is 1.92. The van der Waals surface area contributed by atoms with Gasteiger partial charge in [0.15, 0.2) is 0 Å². The smallest absolute Gasteiger partial charge is 0.337 e. The molecule has 0 saturated heterocycles. The van der Waals surface area contributed by atoms with Crippen LogP contribution in [0.15, 0.2) is 52.3 Å². The number of carboxylic acid groups (broad SMARTS) is 2. The van der Waals surface area contributed by atoms with Crippen molar-refractivity contribution >= 4 is 21.8 Å². The van der Waals surface area contributed by atoms with Crippen LogP contribution in [-0.2, 0) is 9.84 Å². The third kappa shape index (κ3) is 3.02. The average molecular weight is 336 g/mol. The van der Waals surface area contributed by atoms with Crippen molar-refractivity contribution in [3.05, 3.63) is 53.6 Å². The number of carboxylic acids is 2. The van der Waals surface area contributed by atoms with Gasteiger partial charge in [-0.25, -0.2) is 18.0 Å². The van der Waals surface area contributed by atoms with Crippen LogP contribution in [0.2, 0.25) is 0 Å². The van der Waals surface area contributed by atoms with Gasteiger partial charge in [0.25, 0.3) is 0 Å². The van der Waals surface area contributed by atoms with Gasteiger partial charge in [0.05, 0.1) is 28.0 Å². The molecule has 0 fully saturated rings. The summed E-state index contributed by atoms with van der Waals surface area (Å²) >= 11 is 0. The molecule has 0 heterocycles. The summed E-state index contributed by atoms with van der Waals surface area (Å²) in [5.74, 6) is -2.73. The van der Waals surface area contributed by atoms with Crippen LogP contribution in [0.5, 0.6) is 5.75 Å². The Morgan fingerprint density at radius 1 is 0.913 bits per heavy atom. The summed E-state index contributed by atoms with van der Waals surface area (Å²) in [5.41, 5.74) is -0.905. The Labute approximate surface area is 131 Å². The Morgan fingerprint density at radius 3 is 2.04 bits per heavy atom.